The molecule has 2 amide bonds. The average Bonchev–Trinajstić information content (AvgIpc) is 2.84. The number of anilines is 1. The van der Waals surface area contributed by atoms with Crippen LogP contribution in [0.1, 0.15) is 56.8 Å². The highest BCUT2D eigenvalue weighted by molar-refractivity contribution is 7.17. The number of nitrogens with one attached hydrogen (secondary N) is 1. The number of fused-ring (bicyclic) bond motifs is 1. The molecule has 0 aliphatic heterocycles. The molecule has 1 aromatic heterocycles. The van der Waals surface area contributed by atoms with Crippen LogP contribution in [0.15, 0.2) is 24.3 Å². The zero-order valence-corrected chi connectivity index (χ0v) is 14.8. The van der Waals surface area contributed by atoms with Gasteiger partial charge in [0.2, 0.25) is 0 Å². The molecule has 126 valence electrons. The van der Waals surface area contributed by atoms with Crippen molar-refractivity contribution >= 4 is 39.8 Å². The summed E-state index contributed by atoms with van der Waals surface area (Å²) >= 11 is 7.55. The highest BCUT2D eigenvalue weighted by atomic mass is 35.5. The van der Waals surface area contributed by atoms with Gasteiger partial charge in [0.25, 0.3) is 11.8 Å². The molecule has 0 radical (unpaired) electrons. The Bertz CT molecular complexity index is 785. The number of primary amides is 1. The molecule has 4 nitrogen and oxygen atoms in total. The van der Waals surface area contributed by atoms with Crippen LogP contribution in [0.3, 0.4) is 0 Å². The van der Waals surface area contributed by atoms with E-state index in [-0.39, 0.29) is 5.91 Å². The Morgan fingerprint density at radius 2 is 1.79 bits per heavy atom. The molecule has 0 atom stereocenters. The summed E-state index contributed by atoms with van der Waals surface area (Å²) in [5, 5.41) is 3.76. The Kier molecular flexibility index (Phi) is 5.21. The van der Waals surface area contributed by atoms with E-state index in [1.54, 1.807) is 24.3 Å². The summed E-state index contributed by atoms with van der Waals surface area (Å²) in [5.41, 5.74) is 7.48. The fourth-order valence-electron chi connectivity index (χ4n) is 3.08. The zero-order valence-electron chi connectivity index (χ0n) is 13.2. The minimum absolute atomic E-state index is 0.322. The maximum Gasteiger partial charge on any atom is 0.257 e. The SMILES string of the molecule is NC(=O)c1c(NC(=O)c2ccccc2Cl)sc2c1CCCCCC2. The molecule has 1 aromatic carbocycles. The molecular formula is C18H19ClN2O2S. The Morgan fingerprint density at radius 3 is 2.50 bits per heavy atom. The summed E-state index contributed by atoms with van der Waals surface area (Å²) in [6.07, 6.45) is 6.28. The zero-order chi connectivity index (χ0) is 17.1. The lowest BCUT2D eigenvalue weighted by molar-refractivity contribution is 0.100. The number of carbonyl (C=O) groups excluding carboxylic acids is 2. The van der Waals surface area contributed by atoms with E-state index < -0.39 is 5.91 Å². The summed E-state index contributed by atoms with van der Waals surface area (Å²) in [5.74, 6) is -0.806. The Hall–Kier alpha value is -1.85. The molecule has 3 N–H and O–H groups in total. The highest BCUT2D eigenvalue weighted by Crippen LogP contribution is 2.37. The maximum atomic E-state index is 12.5. The quantitative estimate of drug-likeness (QED) is 0.848. The van der Waals surface area contributed by atoms with Crippen molar-refractivity contribution in [3.05, 3.63) is 50.9 Å². The van der Waals surface area contributed by atoms with Gasteiger partial charge in [0, 0.05) is 4.88 Å². The van der Waals surface area contributed by atoms with E-state index in [2.05, 4.69) is 5.32 Å². The van der Waals surface area contributed by atoms with Crippen molar-refractivity contribution in [2.24, 2.45) is 5.73 Å². The van der Waals surface area contributed by atoms with Crippen molar-refractivity contribution in [1.82, 2.24) is 0 Å². The van der Waals surface area contributed by atoms with Gasteiger partial charge in [-0.25, -0.2) is 0 Å². The van der Waals surface area contributed by atoms with E-state index >= 15 is 0 Å². The largest absolute Gasteiger partial charge is 0.365 e. The predicted octanol–water partition coefficient (Wildman–Crippen LogP) is 4.41. The van der Waals surface area contributed by atoms with Gasteiger partial charge in [-0.05, 0) is 43.4 Å². The second-order valence-electron chi connectivity index (χ2n) is 5.92. The molecule has 0 saturated heterocycles. The van der Waals surface area contributed by atoms with Crippen LogP contribution in [0.2, 0.25) is 5.02 Å². The van der Waals surface area contributed by atoms with Crippen LogP contribution in [0.4, 0.5) is 5.00 Å². The van der Waals surface area contributed by atoms with Crippen LogP contribution in [-0.2, 0) is 12.8 Å². The summed E-state index contributed by atoms with van der Waals surface area (Å²) in [6.45, 7) is 0. The van der Waals surface area contributed by atoms with Crippen molar-refractivity contribution in [1.29, 1.82) is 0 Å². The molecule has 1 aliphatic carbocycles. The van der Waals surface area contributed by atoms with Gasteiger partial charge in [-0.1, -0.05) is 36.6 Å². The first-order valence-electron chi connectivity index (χ1n) is 8.08. The number of amides is 2. The van der Waals surface area contributed by atoms with Crippen LogP contribution in [0, 0.1) is 0 Å². The summed E-state index contributed by atoms with van der Waals surface area (Å²) in [7, 11) is 0. The number of carbonyl (C=O) groups is 2. The molecule has 1 heterocycles. The number of hydrogen-bond acceptors (Lipinski definition) is 3. The first kappa shape index (κ1) is 17.0. The molecule has 0 saturated carbocycles. The average molecular weight is 363 g/mol. The van der Waals surface area contributed by atoms with Crippen molar-refractivity contribution in [2.45, 2.75) is 38.5 Å². The fraction of sp³-hybridized carbons (Fsp3) is 0.333. The van der Waals surface area contributed by atoms with Gasteiger partial charge in [-0.2, -0.15) is 0 Å². The molecule has 24 heavy (non-hydrogen) atoms. The number of thiophene rings is 1. The third-order valence-corrected chi connectivity index (χ3v) is 5.80. The van der Waals surface area contributed by atoms with E-state index in [1.807, 2.05) is 0 Å². The molecule has 0 spiro atoms. The van der Waals surface area contributed by atoms with E-state index in [4.69, 9.17) is 17.3 Å². The number of benzene rings is 1. The number of hydrogen-bond donors (Lipinski definition) is 2. The third kappa shape index (κ3) is 3.47. The minimum atomic E-state index is -0.484. The van der Waals surface area contributed by atoms with Gasteiger partial charge in [0.15, 0.2) is 0 Å². The smallest absolute Gasteiger partial charge is 0.257 e. The Labute approximate surface area is 150 Å². The van der Waals surface area contributed by atoms with Gasteiger partial charge in [0.1, 0.15) is 5.00 Å². The van der Waals surface area contributed by atoms with Gasteiger partial charge >= 0.3 is 0 Å². The lowest BCUT2D eigenvalue weighted by atomic mass is 9.96. The molecule has 2 aromatic rings. The fourth-order valence-corrected chi connectivity index (χ4v) is 4.60. The molecule has 0 bridgehead atoms. The molecular weight excluding hydrogens is 344 g/mol. The number of halogens is 1. The van der Waals surface area contributed by atoms with Crippen LogP contribution in [0.25, 0.3) is 0 Å². The molecule has 1 aliphatic rings. The Morgan fingerprint density at radius 1 is 1.08 bits per heavy atom. The summed E-state index contributed by atoms with van der Waals surface area (Å²) < 4.78 is 0. The second-order valence-corrected chi connectivity index (χ2v) is 7.43. The van der Waals surface area contributed by atoms with Crippen molar-refractivity contribution in [2.75, 3.05) is 5.32 Å². The third-order valence-electron chi connectivity index (χ3n) is 4.26. The lowest BCUT2D eigenvalue weighted by Crippen LogP contribution is -2.18. The molecule has 0 unspecified atom stereocenters. The number of aryl methyl sites for hydroxylation is 1. The van der Waals surface area contributed by atoms with Crippen LogP contribution < -0.4 is 11.1 Å². The normalized spacial score (nSPS) is 14.4. The van der Waals surface area contributed by atoms with Crippen LogP contribution >= 0.6 is 22.9 Å². The predicted molar refractivity (Wildman–Crippen MR) is 98.1 cm³/mol. The van der Waals surface area contributed by atoms with Gasteiger partial charge in [-0.15, -0.1) is 11.3 Å². The van der Waals surface area contributed by atoms with Crippen LogP contribution in [-0.4, -0.2) is 11.8 Å². The highest BCUT2D eigenvalue weighted by Gasteiger charge is 2.24. The minimum Gasteiger partial charge on any atom is -0.365 e. The number of nitrogens with two attached hydrogens (primary N) is 1. The second kappa shape index (κ2) is 7.36. The first-order chi connectivity index (χ1) is 11.6. The van der Waals surface area contributed by atoms with Gasteiger partial charge < -0.3 is 11.1 Å². The summed E-state index contributed by atoms with van der Waals surface area (Å²) in [6, 6.07) is 6.85. The molecule has 3 rings (SSSR count). The van der Waals surface area contributed by atoms with Crippen molar-refractivity contribution < 1.29 is 9.59 Å². The van der Waals surface area contributed by atoms with E-state index in [1.165, 1.54) is 17.8 Å². The van der Waals surface area contributed by atoms with Gasteiger partial charge in [-0.3, -0.25) is 9.59 Å². The standard InChI is InChI=1S/C18H19ClN2O2S/c19-13-9-6-5-7-11(13)17(23)21-18-15(16(20)22)12-8-3-1-2-4-10-14(12)24-18/h5-7,9H,1-4,8,10H2,(H2,20,22)(H,21,23). The monoisotopic (exact) mass is 362 g/mol. The van der Waals surface area contributed by atoms with Gasteiger partial charge in [0.05, 0.1) is 16.1 Å². The van der Waals surface area contributed by atoms with Crippen molar-refractivity contribution in [3.8, 4) is 0 Å². The van der Waals surface area contributed by atoms with E-state index in [0.29, 0.717) is 21.2 Å². The molecule has 0 fully saturated rings. The topological polar surface area (TPSA) is 72.2 Å². The Balaban J connectivity index is 1.95. The summed E-state index contributed by atoms with van der Waals surface area (Å²) in [4.78, 5) is 25.7. The maximum absolute atomic E-state index is 12.5. The van der Waals surface area contributed by atoms with E-state index in [0.717, 1.165) is 42.5 Å². The van der Waals surface area contributed by atoms with E-state index in [9.17, 15) is 9.59 Å². The van der Waals surface area contributed by atoms with Crippen LogP contribution in [0.5, 0.6) is 0 Å². The lowest BCUT2D eigenvalue weighted by Gasteiger charge is -2.10. The number of rotatable bonds is 3. The molecule has 6 heteroatoms. The van der Waals surface area contributed by atoms with Crippen molar-refractivity contribution in [3.63, 3.8) is 0 Å². The first-order valence-corrected chi connectivity index (χ1v) is 9.27.